The molecule has 5 nitrogen and oxygen atoms in total. The van der Waals surface area contributed by atoms with Gasteiger partial charge in [0.25, 0.3) is 5.56 Å². The van der Waals surface area contributed by atoms with Crippen molar-refractivity contribution in [1.82, 2.24) is 9.78 Å². The number of carbonyl (C=O) groups is 1. The van der Waals surface area contributed by atoms with E-state index in [1.165, 1.54) is 16.8 Å². The molecular weight excluding hydrogens is 364 g/mol. The number of benzene rings is 3. The van der Waals surface area contributed by atoms with Crippen molar-refractivity contribution in [3.63, 3.8) is 0 Å². The van der Waals surface area contributed by atoms with Crippen molar-refractivity contribution in [2.24, 2.45) is 0 Å². The Kier molecular flexibility index (Phi) is 4.22. The highest BCUT2D eigenvalue weighted by molar-refractivity contribution is 6.30. The second-order valence-corrected chi connectivity index (χ2v) is 6.41. The predicted octanol–water partition coefficient (Wildman–Crippen LogP) is 4.40. The summed E-state index contributed by atoms with van der Waals surface area (Å²) >= 11 is 5.99. The summed E-state index contributed by atoms with van der Waals surface area (Å²) in [5.74, 6) is -1.03. The van der Waals surface area contributed by atoms with Crippen molar-refractivity contribution < 1.29 is 9.90 Å². The van der Waals surface area contributed by atoms with E-state index in [1.54, 1.807) is 36.4 Å². The van der Waals surface area contributed by atoms with Crippen LogP contribution in [-0.4, -0.2) is 20.9 Å². The van der Waals surface area contributed by atoms with Gasteiger partial charge in [-0.1, -0.05) is 41.9 Å². The van der Waals surface area contributed by atoms with Crippen LogP contribution < -0.4 is 5.56 Å². The lowest BCUT2D eigenvalue weighted by molar-refractivity contribution is 0.0697. The van der Waals surface area contributed by atoms with E-state index >= 15 is 0 Å². The lowest BCUT2D eigenvalue weighted by atomic mass is 10.1. The van der Waals surface area contributed by atoms with Crippen molar-refractivity contribution in [2.75, 3.05) is 0 Å². The van der Waals surface area contributed by atoms with E-state index in [0.29, 0.717) is 21.8 Å². The molecule has 1 aromatic heterocycles. The normalized spacial score (nSPS) is 10.9. The Morgan fingerprint density at radius 2 is 1.52 bits per heavy atom. The van der Waals surface area contributed by atoms with Gasteiger partial charge in [-0.15, -0.1) is 0 Å². The lowest BCUT2D eigenvalue weighted by Crippen LogP contribution is -2.22. The quantitative estimate of drug-likeness (QED) is 0.575. The molecule has 0 saturated carbocycles. The molecule has 0 aliphatic rings. The van der Waals surface area contributed by atoms with Gasteiger partial charge < -0.3 is 5.11 Å². The number of aromatic nitrogens is 2. The first-order chi connectivity index (χ1) is 13.0. The fraction of sp³-hybridized carbons (Fsp3) is 0. The standard InChI is InChI=1S/C21H13ClN2O3/c22-15-9-5-13(6-10-15)19-17-3-1-2-4-18(17)20(25)24(23-19)16-11-7-14(8-12-16)21(26)27/h1-12H,(H,26,27). The molecule has 0 atom stereocenters. The number of carboxylic acid groups (broad SMARTS) is 1. The van der Waals surface area contributed by atoms with E-state index in [0.717, 1.165) is 10.9 Å². The van der Waals surface area contributed by atoms with Crippen molar-refractivity contribution in [3.8, 4) is 16.9 Å². The van der Waals surface area contributed by atoms with Crippen molar-refractivity contribution in [2.45, 2.75) is 0 Å². The van der Waals surface area contributed by atoms with Crippen LogP contribution in [-0.2, 0) is 0 Å². The maximum Gasteiger partial charge on any atom is 0.335 e. The molecule has 0 saturated heterocycles. The van der Waals surface area contributed by atoms with E-state index in [1.807, 2.05) is 24.3 Å². The minimum atomic E-state index is -1.03. The third-order valence-electron chi connectivity index (χ3n) is 4.28. The zero-order chi connectivity index (χ0) is 19.0. The van der Waals surface area contributed by atoms with Crippen LogP contribution in [0.4, 0.5) is 0 Å². The second kappa shape index (κ2) is 6.70. The molecule has 0 spiro atoms. The maximum atomic E-state index is 12.9. The van der Waals surface area contributed by atoms with Gasteiger partial charge in [-0.3, -0.25) is 4.79 Å². The molecule has 1 heterocycles. The number of halogens is 1. The molecule has 0 aliphatic carbocycles. The summed E-state index contributed by atoms with van der Waals surface area (Å²) in [6.45, 7) is 0. The topological polar surface area (TPSA) is 72.2 Å². The zero-order valence-electron chi connectivity index (χ0n) is 14.0. The first-order valence-corrected chi connectivity index (χ1v) is 8.54. The lowest BCUT2D eigenvalue weighted by Gasteiger charge is -2.11. The average Bonchev–Trinajstić information content (AvgIpc) is 2.69. The van der Waals surface area contributed by atoms with Crippen LogP contribution in [0.3, 0.4) is 0 Å². The highest BCUT2D eigenvalue weighted by Crippen LogP contribution is 2.26. The Balaban J connectivity index is 1.99. The van der Waals surface area contributed by atoms with Crippen molar-refractivity contribution in [3.05, 3.63) is 93.7 Å². The Bertz CT molecular complexity index is 1210. The van der Waals surface area contributed by atoms with Crippen LogP contribution in [0.1, 0.15) is 10.4 Å². The van der Waals surface area contributed by atoms with Crippen LogP contribution in [0.25, 0.3) is 27.7 Å². The van der Waals surface area contributed by atoms with Gasteiger partial charge in [0, 0.05) is 16.0 Å². The molecule has 0 amide bonds. The molecule has 0 bridgehead atoms. The minimum absolute atomic E-state index is 0.144. The van der Waals surface area contributed by atoms with Gasteiger partial charge in [-0.25, -0.2) is 4.79 Å². The molecule has 0 radical (unpaired) electrons. The third-order valence-corrected chi connectivity index (χ3v) is 4.53. The SMILES string of the molecule is O=C(O)c1ccc(-n2nc(-c3ccc(Cl)cc3)c3ccccc3c2=O)cc1. The van der Waals surface area contributed by atoms with E-state index in [4.69, 9.17) is 16.7 Å². The molecule has 27 heavy (non-hydrogen) atoms. The first kappa shape index (κ1) is 17.0. The number of hydrogen-bond acceptors (Lipinski definition) is 3. The summed E-state index contributed by atoms with van der Waals surface area (Å²) < 4.78 is 1.29. The van der Waals surface area contributed by atoms with Gasteiger partial charge in [-0.05, 0) is 42.5 Å². The summed E-state index contributed by atoms with van der Waals surface area (Å²) in [5, 5.41) is 15.5. The van der Waals surface area contributed by atoms with Crippen LogP contribution in [0, 0.1) is 0 Å². The number of hydrogen-bond donors (Lipinski definition) is 1. The number of nitrogens with zero attached hydrogens (tertiary/aromatic N) is 2. The van der Waals surface area contributed by atoms with Crippen molar-refractivity contribution in [1.29, 1.82) is 0 Å². The summed E-state index contributed by atoms with van der Waals surface area (Å²) in [7, 11) is 0. The van der Waals surface area contributed by atoms with Crippen LogP contribution >= 0.6 is 11.6 Å². The van der Waals surface area contributed by atoms with E-state index < -0.39 is 5.97 Å². The van der Waals surface area contributed by atoms with Gasteiger partial charge in [0.05, 0.1) is 22.3 Å². The summed E-state index contributed by atoms with van der Waals surface area (Å²) in [5.41, 5.74) is 1.83. The summed E-state index contributed by atoms with van der Waals surface area (Å²) in [4.78, 5) is 24.0. The highest BCUT2D eigenvalue weighted by atomic mass is 35.5. The number of aromatic carboxylic acids is 1. The number of carboxylic acids is 1. The zero-order valence-corrected chi connectivity index (χ0v) is 14.7. The largest absolute Gasteiger partial charge is 0.478 e. The fourth-order valence-corrected chi connectivity index (χ4v) is 3.06. The minimum Gasteiger partial charge on any atom is -0.478 e. The summed E-state index contributed by atoms with van der Waals surface area (Å²) in [6.07, 6.45) is 0. The Hall–Kier alpha value is -3.44. The third kappa shape index (κ3) is 3.09. The molecule has 132 valence electrons. The number of rotatable bonds is 3. The smallest absolute Gasteiger partial charge is 0.335 e. The van der Waals surface area contributed by atoms with Crippen LogP contribution in [0.15, 0.2) is 77.6 Å². The fourth-order valence-electron chi connectivity index (χ4n) is 2.93. The average molecular weight is 377 g/mol. The molecule has 0 fully saturated rings. The predicted molar refractivity (Wildman–Crippen MR) is 105 cm³/mol. The molecule has 1 N–H and O–H groups in total. The molecule has 4 rings (SSSR count). The van der Waals surface area contributed by atoms with Gasteiger partial charge in [0.2, 0.25) is 0 Å². The maximum absolute atomic E-state index is 12.9. The molecule has 6 heteroatoms. The highest BCUT2D eigenvalue weighted by Gasteiger charge is 2.13. The van der Waals surface area contributed by atoms with Crippen LogP contribution in [0.2, 0.25) is 5.02 Å². The second-order valence-electron chi connectivity index (χ2n) is 5.97. The monoisotopic (exact) mass is 376 g/mol. The van der Waals surface area contributed by atoms with E-state index in [-0.39, 0.29) is 11.1 Å². The van der Waals surface area contributed by atoms with E-state index in [2.05, 4.69) is 5.10 Å². The first-order valence-electron chi connectivity index (χ1n) is 8.16. The molecule has 0 aliphatic heterocycles. The van der Waals surface area contributed by atoms with E-state index in [9.17, 15) is 9.59 Å². The molecule has 3 aromatic carbocycles. The molecule has 4 aromatic rings. The number of fused-ring (bicyclic) bond motifs is 1. The Morgan fingerprint density at radius 3 is 2.15 bits per heavy atom. The summed E-state index contributed by atoms with van der Waals surface area (Å²) in [6, 6.07) is 20.5. The Labute approximate surface area is 159 Å². The van der Waals surface area contributed by atoms with Crippen molar-refractivity contribution >= 4 is 28.3 Å². The Morgan fingerprint density at radius 1 is 0.889 bits per heavy atom. The van der Waals surface area contributed by atoms with Gasteiger partial charge in [-0.2, -0.15) is 9.78 Å². The molecule has 0 unspecified atom stereocenters. The molecular formula is C21H13ClN2O3. The van der Waals surface area contributed by atoms with Gasteiger partial charge >= 0.3 is 5.97 Å². The van der Waals surface area contributed by atoms with Gasteiger partial charge in [0.15, 0.2) is 0 Å². The van der Waals surface area contributed by atoms with Crippen LogP contribution in [0.5, 0.6) is 0 Å². The van der Waals surface area contributed by atoms with Gasteiger partial charge in [0.1, 0.15) is 0 Å².